The van der Waals surface area contributed by atoms with E-state index < -0.39 is 0 Å². The Balaban J connectivity index is 3.06. The number of hydrogen-bond acceptors (Lipinski definition) is 0. The first-order valence-electron chi connectivity index (χ1n) is 7.71. The van der Waals surface area contributed by atoms with Gasteiger partial charge < -0.3 is 0 Å². The molecule has 17 heavy (non-hydrogen) atoms. The van der Waals surface area contributed by atoms with Crippen LogP contribution in [0.25, 0.3) is 0 Å². The van der Waals surface area contributed by atoms with Crippen molar-refractivity contribution in [2.45, 2.75) is 84.5 Å². The molecule has 0 aliphatic heterocycles. The van der Waals surface area contributed by atoms with Crippen molar-refractivity contribution in [2.24, 2.45) is 0 Å². The molecular formula is C17H32. The van der Waals surface area contributed by atoms with Crippen molar-refractivity contribution < 1.29 is 0 Å². The molecule has 0 heteroatoms. The molecule has 0 saturated heterocycles. The second-order valence-electron chi connectivity index (χ2n) is 4.84. The van der Waals surface area contributed by atoms with Gasteiger partial charge in [0.1, 0.15) is 0 Å². The summed E-state index contributed by atoms with van der Waals surface area (Å²) in [5, 5.41) is 0. The lowest BCUT2D eigenvalue weighted by Gasteiger charge is -1.98. The third kappa shape index (κ3) is 15.5. The van der Waals surface area contributed by atoms with Crippen LogP contribution >= 0.6 is 0 Å². The van der Waals surface area contributed by atoms with Crippen LogP contribution in [0.1, 0.15) is 84.5 Å². The van der Waals surface area contributed by atoms with Crippen molar-refractivity contribution in [1.29, 1.82) is 0 Å². The molecule has 0 aromatic heterocycles. The van der Waals surface area contributed by atoms with Crippen LogP contribution in [0, 0.1) is 0 Å². The van der Waals surface area contributed by atoms with Crippen molar-refractivity contribution in [3.8, 4) is 0 Å². The van der Waals surface area contributed by atoms with Gasteiger partial charge >= 0.3 is 0 Å². The Bertz CT molecular complexity index is 176. The van der Waals surface area contributed by atoms with Crippen LogP contribution in [0.15, 0.2) is 24.3 Å². The Morgan fingerprint density at radius 3 is 1.71 bits per heavy atom. The number of unbranched alkanes of at least 4 members (excludes halogenated alkanes) is 8. The van der Waals surface area contributed by atoms with Gasteiger partial charge in [0, 0.05) is 0 Å². The third-order valence-corrected chi connectivity index (χ3v) is 3.04. The molecule has 0 atom stereocenters. The van der Waals surface area contributed by atoms with E-state index >= 15 is 0 Å². The monoisotopic (exact) mass is 236 g/mol. The fraction of sp³-hybridized carbons (Fsp3) is 0.765. The smallest absolute Gasteiger partial charge is 0.0316 e. The summed E-state index contributed by atoms with van der Waals surface area (Å²) in [5.74, 6) is 0. The lowest BCUT2D eigenvalue weighted by molar-refractivity contribution is 0.592. The summed E-state index contributed by atoms with van der Waals surface area (Å²) in [5.41, 5.74) is 0. The van der Waals surface area contributed by atoms with Crippen LogP contribution in [0.4, 0.5) is 0 Å². The molecule has 0 unspecified atom stereocenters. The van der Waals surface area contributed by atoms with Crippen molar-refractivity contribution in [3.63, 3.8) is 0 Å². The Labute approximate surface area is 109 Å². The number of allylic oxidation sites excluding steroid dienone is 4. The predicted molar refractivity (Wildman–Crippen MR) is 80.4 cm³/mol. The van der Waals surface area contributed by atoms with Crippen molar-refractivity contribution >= 4 is 0 Å². The summed E-state index contributed by atoms with van der Waals surface area (Å²) in [4.78, 5) is 0. The first-order chi connectivity index (χ1) is 8.41. The van der Waals surface area contributed by atoms with Gasteiger partial charge in [-0.25, -0.2) is 0 Å². The summed E-state index contributed by atoms with van der Waals surface area (Å²) in [6.07, 6.45) is 24.0. The highest BCUT2D eigenvalue weighted by atomic mass is 13.9. The maximum absolute atomic E-state index is 2.37. The molecule has 0 N–H and O–H groups in total. The minimum atomic E-state index is 1.17. The van der Waals surface area contributed by atoms with Crippen molar-refractivity contribution in [2.75, 3.05) is 0 Å². The second kappa shape index (κ2) is 15.5. The fourth-order valence-electron chi connectivity index (χ4n) is 1.93. The van der Waals surface area contributed by atoms with Gasteiger partial charge in [0.25, 0.3) is 0 Å². The standard InChI is InChI=1S/C17H32/c1-3-5-7-9-11-13-15-17-16-14-12-10-8-6-4-2/h5,7,13,15H,3-4,6,8-12,14,16-17H2,1-2H3. The van der Waals surface area contributed by atoms with Crippen LogP contribution in [0.2, 0.25) is 0 Å². The first kappa shape index (κ1) is 16.5. The minimum Gasteiger partial charge on any atom is -0.0888 e. The zero-order valence-corrected chi connectivity index (χ0v) is 12.1. The molecule has 0 aromatic carbocycles. The van der Waals surface area contributed by atoms with E-state index in [1.807, 2.05) is 0 Å². The van der Waals surface area contributed by atoms with Crippen LogP contribution in [-0.2, 0) is 0 Å². The molecule has 100 valence electrons. The molecule has 0 nitrogen and oxygen atoms in total. The zero-order valence-electron chi connectivity index (χ0n) is 12.1. The van der Waals surface area contributed by atoms with Gasteiger partial charge in [0.2, 0.25) is 0 Å². The van der Waals surface area contributed by atoms with Crippen molar-refractivity contribution in [1.82, 2.24) is 0 Å². The fourth-order valence-corrected chi connectivity index (χ4v) is 1.93. The molecule has 0 heterocycles. The third-order valence-electron chi connectivity index (χ3n) is 3.04. The molecule has 0 saturated carbocycles. The van der Waals surface area contributed by atoms with E-state index in [0.29, 0.717) is 0 Å². The molecular weight excluding hydrogens is 204 g/mol. The maximum Gasteiger partial charge on any atom is -0.0316 e. The molecule has 0 rings (SSSR count). The molecule has 0 amide bonds. The zero-order chi connectivity index (χ0) is 12.6. The van der Waals surface area contributed by atoms with Gasteiger partial charge in [-0.2, -0.15) is 0 Å². The average molecular weight is 236 g/mol. The largest absolute Gasteiger partial charge is 0.0888 e. The Morgan fingerprint density at radius 1 is 0.529 bits per heavy atom. The van der Waals surface area contributed by atoms with E-state index in [1.165, 1.54) is 70.6 Å². The Hall–Kier alpha value is -0.520. The summed E-state index contributed by atoms with van der Waals surface area (Å²) < 4.78 is 0. The summed E-state index contributed by atoms with van der Waals surface area (Å²) in [6, 6.07) is 0. The van der Waals surface area contributed by atoms with Crippen LogP contribution in [-0.4, -0.2) is 0 Å². The normalized spacial score (nSPS) is 11.9. The number of rotatable bonds is 12. The van der Waals surface area contributed by atoms with E-state index in [4.69, 9.17) is 0 Å². The highest BCUT2D eigenvalue weighted by Crippen LogP contribution is 2.08. The van der Waals surface area contributed by atoms with E-state index in [9.17, 15) is 0 Å². The SMILES string of the molecule is CCC=CCCC=CCCCCCCCCC. The lowest BCUT2D eigenvalue weighted by atomic mass is 10.1. The van der Waals surface area contributed by atoms with E-state index in [1.54, 1.807) is 0 Å². The van der Waals surface area contributed by atoms with Crippen LogP contribution < -0.4 is 0 Å². The minimum absolute atomic E-state index is 1.17. The summed E-state index contributed by atoms with van der Waals surface area (Å²) in [7, 11) is 0. The van der Waals surface area contributed by atoms with Gasteiger partial charge in [-0.3, -0.25) is 0 Å². The topological polar surface area (TPSA) is 0 Å². The Morgan fingerprint density at radius 2 is 1.06 bits per heavy atom. The quantitative estimate of drug-likeness (QED) is 0.270. The first-order valence-corrected chi connectivity index (χ1v) is 7.71. The highest BCUT2D eigenvalue weighted by molar-refractivity contribution is 4.87. The van der Waals surface area contributed by atoms with Gasteiger partial charge in [-0.15, -0.1) is 0 Å². The molecule has 0 bridgehead atoms. The van der Waals surface area contributed by atoms with Gasteiger partial charge in [-0.05, 0) is 32.1 Å². The number of hydrogen-bond donors (Lipinski definition) is 0. The second-order valence-corrected chi connectivity index (χ2v) is 4.84. The molecule has 0 aliphatic rings. The molecule has 0 aromatic rings. The van der Waals surface area contributed by atoms with Crippen LogP contribution in [0.3, 0.4) is 0 Å². The molecule has 0 radical (unpaired) electrons. The maximum atomic E-state index is 2.37. The molecule has 0 spiro atoms. The van der Waals surface area contributed by atoms with Gasteiger partial charge in [0.05, 0.1) is 0 Å². The highest BCUT2D eigenvalue weighted by Gasteiger charge is 1.89. The van der Waals surface area contributed by atoms with E-state index in [0.717, 1.165) is 0 Å². The van der Waals surface area contributed by atoms with Crippen molar-refractivity contribution in [3.05, 3.63) is 24.3 Å². The van der Waals surface area contributed by atoms with Gasteiger partial charge in [0.15, 0.2) is 0 Å². The summed E-state index contributed by atoms with van der Waals surface area (Å²) >= 11 is 0. The van der Waals surface area contributed by atoms with Gasteiger partial charge in [-0.1, -0.05) is 76.7 Å². The van der Waals surface area contributed by atoms with E-state index in [-0.39, 0.29) is 0 Å². The molecule has 0 aliphatic carbocycles. The van der Waals surface area contributed by atoms with Crippen LogP contribution in [0.5, 0.6) is 0 Å². The average Bonchev–Trinajstić information content (AvgIpc) is 2.35. The lowest BCUT2D eigenvalue weighted by Crippen LogP contribution is -1.78. The summed E-state index contributed by atoms with van der Waals surface area (Å²) in [6.45, 7) is 4.47. The Kier molecular flexibility index (Phi) is 15.0. The van der Waals surface area contributed by atoms with E-state index in [2.05, 4.69) is 38.2 Å². The molecule has 0 fully saturated rings. The predicted octanol–water partition coefficient (Wildman–Crippen LogP) is 6.43.